The Morgan fingerprint density at radius 1 is 1.78 bits per heavy atom. The third-order valence-electron chi connectivity index (χ3n) is 0.479. The van der Waals surface area contributed by atoms with Crippen LogP contribution in [0.4, 0.5) is 0 Å². The molecule has 0 amide bonds. The summed E-state index contributed by atoms with van der Waals surface area (Å²) >= 11 is 5.21. The monoisotopic (exact) mass is 300 g/mol. The minimum atomic E-state index is 0.645. The zero-order valence-electron chi connectivity index (χ0n) is 4.93. The van der Waals surface area contributed by atoms with Gasteiger partial charge in [-0.15, -0.1) is 0 Å². The third-order valence-corrected chi connectivity index (χ3v) is 1.30. The van der Waals surface area contributed by atoms with E-state index in [1.165, 1.54) is 0 Å². The second-order valence-electron chi connectivity index (χ2n) is 1.27. The normalized spacial score (nSPS) is 13.7. The molecule has 0 spiro atoms. The van der Waals surface area contributed by atoms with Gasteiger partial charge in [-0.25, -0.2) is 9.98 Å². The highest BCUT2D eigenvalue weighted by Crippen LogP contribution is 2.02. The fourth-order valence-electron chi connectivity index (χ4n) is 0.183. The average molecular weight is 301 g/mol. The van der Waals surface area contributed by atoms with Gasteiger partial charge >= 0.3 is 0 Å². The molecule has 0 unspecified atom stereocenters. The number of rotatable bonds is 1. The van der Waals surface area contributed by atoms with E-state index >= 15 is 0 Å². The zero-order valence-corrected chi connectivity index (χ0v) is 8.68. The molecule has 0 radical (unpaired) electrons. The lowest BCUT2D eigenvalue weighted by Crippen LogP contribution is -1.73. The molecule has 0 atom stereocenters. The van der Waals surface area contributed by atoms with Crippen molar-refractivity contribution in [3.8, 4) is 0 Å². The number of nitrogens with zero attached hydrogens (tertiary/aromatic N) is 2. The maximum absolute atomic E-state index is 3.91. The third kappa shape index (κ3) is 6.17. The first-order valence-electron chi connectivity index (χ1n) is 2.19. The molecule has 2 nitrogen and oxygen atoms in total. The number of aliphatic imine (C=N–C) groups is 2. The van der Waals surface area contributed by atoms with Crippen molar-refractivity contribution < 1.29 is 0 Å². The molecule has 0 rings (SSSR count). The smallest absolute Gasteiger partial charge is 0.190 e. The summed E-state index contributed by atoms with van der Waals surface area (Å²) in [5.41, 5.74) is 0. The van der Waals surface area contributed by atoms with Gasteiger partial charge in [-0.3, -0.25) is 0 Å². The van der Waals surface area contributed by atoms with E-state index in [4.69, 9.17) is 0 Å². The van der Waals surface area contributed by atoms with Crippen LogP contribution in [0.3, 0.4) is 0 Å². The molecule has 4 heteroatoms. The van der Waals surface area contributed by atoms with Crippen molar-refractivity contribution in [1.82, 2.24) is 0 Å². The van der Waals surface area contributed by atoms with Crippen LogP contribution < -0.4 is 0 Å². The summed E-state index contributed by atoms with van der Waals surface area (Å²) in [6, 6.07) is 0. The van der Waals surface area contributed by atoms with Gasteiger partial charge in [0.2, 0.25) is 0 Å². The van der Waals surface area contributed by atoms with E-state index < -0.39 is 0 Å². The van der Waals surface area contributed by atoms with Crippen molar-refractivity contribution in [2.45, 2.75) is 6.92 Å². The quantitative estimate of drug-likeness (QED) is 0.308. The molecule has 50 valence electrons. The minimum absolute atomic E-state index is 0.645. The van der Waals surface area contributed by atoms with Crippen LogP contribution in [-0.2, 0) is 0 Å². The molecule has 0 N–H and O–H groups in total. The summed E-state index contributed by atoms with van der Waals surface area (Å²) in [5.74, 6) is 0. The molecule has 0 aromatic heterocycles. The fourth-order valence-corrected chi connectivity index (χ4v) is 0.425. The summed E-state index contributed by atoms with van der Waals surface area (Å²) in [6.45, 7) is 5.21. The lowest BCUT2D eigenvalue weighted by atomic mass is 10.7. The number of hydrogen-bond acceptors (Lipinski definition) is 1. The van der Waals surface area contributed by atoms with Crippen LogP contribution in [-0.4, -0.2) is 10.6 Å². The lowest BCUT2D eigenvalue weighted by molar-refractivity contribution is 1.50. The van der Waals surface area contributed by atoms with Crippen molar-refractivity contribution in [2.24, 2.45) is 9.98 Å². The van der Waals surface area contributed by atoms with Crippen LogP contribution >= 0.6 is 38.5 Å². The molecule has 0 aliphatic carbocycles. The van der Waals surface area contributed by atoms with E-state index in [0.29, 0.717) is 3.84 Å². The van der Waals surface area contributed by atoms with Crippen LogP contribution in [0.5, 0.6) is 0 Å². The van der Waals surface area contributed by atoms with Crippen molar-refractivity contribution in [3.63, 3.8) is 0 Å². The first kappa shape index (κ1) is 9.29. The summed E-state index contributed by atoms with van der Waals surface area (Å²) in [4.78, 5) is 7.49. The molecular weight excluding hydrogens is 295 g/mol. The molecule has 0 saturated heterocycles. The van der Waals surface area contributed by atoms with Gasteiger partial charge in [0.25, 0.3) is 0 Å². The van der Waals surface area contributed by atoms with Gasteiger partial charge in [-0.1, -0.05) is 15.9 Å². The van der Waals surface area contributed by atoms with Crippen LogP contribution in [0.1, 0.15) is 6.92 Å². The van der Waals surface area contributed by atoms with Gasteiger partial charge < -0.3 is 0 Å². The maximum atomic E-state index is 3.91. The summed E-state index contributed by atoms with van der Waals surface area (Å²) in [5, 5.41) is 0. The van der Waals surface area contributed by atoms with Gasteiger partial charge in [-0.05, 0) is 13.6 Å². The van der Waals surface area contributed by atoms with Gasteiger partial charge in [-0.2, -0.15) is 0 Å². The molecular formula is C5H6BrIN2. The first-order valence-corrected chi connectivity index (χ1v) is 4.06. The topological polar surface area (TPSA) is 24.7 Å². The maximum Gasteiger partial charge on any atom is 0.190 e. The van der Waals surface area contributed by atoms with Crippen molar-refractivity contribution >= 4 is 49.1 Å². The standard InChI is InChI=1S/C5H6BrIN2/c1-4(6)3-9-5(7)8-2/h3H,2H2,1H3/b4-3+,9-5-. The van der Waals surface area contributed by atoms with Crippen molar-refractivity contribution in [2.75, 3.05) is 0 Å². The van der Waals surface area contributed by atoms with E-state index in [-0.39, 0.29) is 0 Å². The molecule has 0 saturated carbocycles. The van der Waals surface area contributed by atoms with Gasteiger partial charge in [0, 0.05) is 33.3 Å². The summed E-state index contributed by atoms with van der Waals surface area (Å²) in [6.07, 6.45) is 1.68. The second kappa shape index (κ2) is 5.10. The van der Waals surface area contributed by atoms with E-state index in [0.717, 1.165) is 4.48 Å². The number of amidine groups is 1. The van der Waals surface area contributed by atoms with E-state index in [1.807, 2.05) is 29.5 Å². The Hall–Kier alpha value is 0.290. The zero-order chi connectivity index (χ0) is 7.28. The molecule has 0 aliphatic heterocycles. The summed E-state index contributed by atoms with van der Waals surface area (Å²) in [7, 11) is 0. The van der Waals surface area contributed by atoms with Gasteiger partial charge in [0.05, 0.1) is 0 Å². The van der Waals surface area contributed by atoms with Gasteiger partial charge in [0.15, 0.2) is 3.84 Å². The molecule has 0 heterocycles. The molecule has 0 aromatic rings. The first-order chi connectivity index (χ1) is 4.16. The predicted molar refractivity (Wildman–Crippen MR) is 53.7 cm³/mol. The number of halogens is 2. The highest BCUT2D eigenvalue weighted by molar-refractivity contribution is 14.1. The van der Waals surface area contributed by atoms with E-state index in [9.17, 15) is 0 Å². The number of allylic oxidation sites excluding steroid dienone is 1. The SMILES string of the molecule is C=N/C(I)=N\C=C(/C)Br. The highest BCUT2D eigenvalue weighted by Gasteiger charge is 1.80. The Labute approximate surface area is 76.4 Å². The Morgan fingerprint density at radius 3 is 2.67 bits per heavy atom. The van der Waals surface area contributed by atoms with Crippen LogP contribution in [0.25, 0.3) is 0 Å². The lowest BCUT2D eigenvalue weighted by Gasteiger charge is -1.82. The van der Waals surface area contributed by atoms with Crippen LogP contribution in [0, 0.1) is 0 Å². The Morgan fingerprint density at radius 2 is 2.33 bits per heavy atom. The Bertz CT molecular complexity index is 158. The molecule has 0 bridgehead atoms. The fraction of sp³-hybridized carbons (Fsp3) is 0.200. The van der Waals surface area contributed by atoms with Crippen molar-refractivity contribution in [1.29, 1.82) is 0 Å². The van der Waals surface area contributed by atoms with Crippen LogP contribution in [0.2, 0.25) is 0 Å². The number of hydrogen-bond donors (Lipinski definition) is 0. The molecule has 0 fully saturated rings. The molecule has 0 aliphatic rings. The second-order valence-corrected chi connectivity index (χ2v) is 3.49. The largest absolute Gasteiger partial charge is 0.240 e. The Kier molecular flexibility index (Phi) is 5.27. The Balaban J connectivity index is 3.98. The predicted octanol–water partition coefficient (Wildman–Crippen LogP) is 2.73. The molecule has 9 heavy (non-hydrogen) atoms. The van der Waals surface area contributed by atoms with Crippen molar-refractivity contribution in [3.05, 3.63) is 10.7 Å². The average Bonchev–Trinajstić information content (AvgIpc) is 1.83. The van der Waals surface area contributed by atoms with E-state index in [1.54, 1.807) is 6.20 Å². The van der Waals surface area contributed by atoms with Gasteiger partial charge in [0.1, 0.15) is 0 Å². The highest BCUT2D eigenvalue weighted by atomic mass is 127. The minimum Gasteiger partial charge on any atom is -0.240 e. The molecule has 0 aromatic carbocycles. The van der Waals surface area contributed by atoms with E-state index in [2.05, 4.69) is 32.6 Å². The van der Waals surface area contributed by atoms with Crippen LogP contribution in [0.15, 0.2) is 20.7 Å². The summed E-state index contributed by atoms with van der Waals surface area (Å²) < 4.78 is 1.62.